The van der Waals surface area contributed by atoms with Crippen molar-refractivity contribution in [1.82, 2.24) is 0 Å². The van der Waals surface area contributed by atoms with Crippen LogP contribution in [0, 0.1) is 0 Å². The van der Waals surface area contributed by atoms with Crippen molar-refractivity contribution in [3.05, 3.63) is 0 Å². The Labute approximate surface area is 123 Å². The molecule has 1 radical (unpaired) electrons. The Kier molecular flexibility index (Phi) is 17.9. The molecule has 0 aromatic heterocycles. The molecule has 0 unspecified atom stereocenters. The number of ketones is 2. The summed E-state index contributed by atoms with van der Waals surface area (Å²) in [5, 5.41) is 0. The third-order valence-corrected chi connectivity index (χ3v) is 1.40. The van der Waals surface area contributed by atoms with Crippen molar-refractivity contribution in [3.8, 4) is 0 Å². The van der Waals surface area contributed by atoms with E-state index >= 15 is 0 Å². The second-order valence-electron chi connectivity index (χ2n) is 3.37. The minimum Gasteiger partial charge on any atom is -0.466 e. The van der Waals surface area contributed by atoms with Gasteiger partial charge in [0.25, 0.3) is 0 Å². The summed E-state index contributed by atoms with van der Waals surface area (Å²) in [4.78, 5) is 41.3. The van der Waals surface area contributed by atoms with Crippen molar-refractivity contribution in [2.45, 2.75) is 40.5 Å². The van der Waals surface area contributed by atoms with E-state index < -0.39 is 11.9 Å². The van der Waals surface area contributed by atoms with Crippen LogP contribution in [0.3, 0.4) is 0 Å². The van der Waals surface area contributed by atoms with Gasteiger partial charge >= 0.3 is 11.9 Å². The molecule has 0 aliphatic carbocycles. The van der Waals surface area contributed by atoms with Crippen LogP contribution in [-0.2, 0) is 45.4 Å². The number of esters is 2. The summed E-state index contributed by atoms with van der Waals surface area (Å²) in [7, 11) is 0. The van der Waals surface area contributed by atoms with Crippen LogP contribution < -0.4 is 0 Å². The molecule has 0 saturated heterocycles. The zero-order valence-electron chi connectivity index (χ0n) is 11.6. The predicted molar refractivity (Wildman–Crippen MR) is 63.9 cm³/mol. The fraction of sp³-hybridized carbons (Fsp3) is 0.667. The molecule has 0 aliphatic heterocycles. The number of carbonyl (C=O) groups excluding carboxylic acids is 4. The number of rotatable bonds is 6. The van der Waals surface area contributed by atoms with E-state index in [0.717, 1.165) is 0 Å². The smallest absolute Gasteiger partial charge is 0.313 e. The Morgan fingerprint density at radius 1 is 0.737 bits per heavy atom. The zero-order chi connectivity index (χ0) is 14.6. The van der Waals surface area contributed by atoms with E-state index in [-0.39, 0.29) is 41.2 Å². The number of carbonyl (C=O) groups is 4. The minimum absolute atomic E-state index is 0. The van der Waals surface area contributed by atoms with Gasteiger partial charge in [0.2, 0.25) is 0 Å². The maximum atomic E-state index is 10.4. The normalized spacial score (nSPS) is 8.21. The van der Waals surface area contributed by atoms with Gasteiger partial charge in [0.05, 0.1) is 13.2 Å². The zero-order valence-corrected chi connectivity index (χ0v) is 12.7. The number of ether oxygens (including phenoxy) is 2. The van der Waals surface area contributed by atoms with Crippen LogP contribution in [-0.4, -0.2) is 36.7 Å². The van der Waals surface area contributed by atoms with E-state index in [1.807, 2.05) is 0 Å². The van der Waals surface area contributed by atoms with Crippen molar-refractivity contribution in [1.29, 1.82) is 0 Å². The van der Waals surface area contributed by atoms with Gasteiger partial charge in [-0.05, 0) is 27.7 Å². The summed E-state index contributed by atoms with van der Waals surface area (Å²) in [6, 6.07) is 0. The van der Waals surface area contributed by atoms with Gasteiger partial charge in [0.15, 0.2) is 0 Å². The molecule has 0 atom stereocenters. The second-order valence-corrected chi connectivity index (χ2v) is 3.37. The van der Waals surface area contributed by atoms with Gasteiger partial charge in [-0.25, -0.2) is 0 Å². The predicted octanol–water partition coefficient (Wildman–Crippen LogP) is 1.05. The molecule has 0 heterocycles. The van der Waals surface area contributed by atoms with Gasteiger partial charge in [-0.1, -0.05) is 0 Å². The summed E-state index contributed by atoms with van der Waals surface area (Å²) < 4.78 is 8.99. The van der Waals surface area contributed by atoms with E-state index in [4.69, 9.17) is 0 Å². The quantitative estimate of drug-likeness (QED) is 0.537. The third kappa shape index (κ3) is 22.4. The van der Waals surface area contributed by atoms with E-state index in [2.05, 4.69) is 9.47 Å². The van der Waals surface area contributed by atoms with Gasteiger partial charge in [0.1, 0.15) is 24.4 Å². The molecule has 0 N–H and O–H groups in total. The molecule has 0 aliphatic rings. The fourth-order valence-electron chi connectivity index (χ4n) is 0.831. The Bertz CT molecular complexity index is 271. The van der Waals surface area contributed by atoms with E-state index in [1.54, 1.807) is 13.8 Å². The standard InChI is InChI=1S/2C6H10O3.Co/c2*1-3-9-6(8)4-5(2)7;/h2*3-4H2,1-2H3;. The average molecular weight is 319 g/mol. The molecule has 7 heteroatoms. The Morgan fingerprint density at radius 3 is 1.16 bits per heavy atom. The van der Waals surface area contributed by atoms with Gasteiger partial charge in [0, 0.05) is 16.8 Å². The van der Waals surface area contributed by atoms with E-state index in [0.29, 0.717) is 13.2 Å². The molecule has 113 valence electrons. The van der Waals surface area contributed by atoms with Crippen LogP contribution in [0.1, 0.15) is 40.5 Å². The maximum Gasteiger partial charge on any atom is 0.313 e. The summed E-state index contributed by atoms with van der Waals surface area (Å²) >= 11 is 0. The van der Waals surface area contributed by atoms with Crippen LogP contribution in [0.15, 0.2) is 0 Å². The van der Waals surface area contributed by atoms with Crippen LogP contribution in [0.4, 0.5) is 0 Å². The number of Topliss-reactive ketones (excluding diaryl/α,β-unsaturated/α-hetero) is 2. The fourth-order valence-corrected chi connectivity index (χ4v) is 0.831. The topological polar surface area (TPSA) is 86.7 Å². The molecular weight excluding hydrogens is 299 g/mol. The Morgan fingerprint density at radius 2 is 1.00 bits per heavy atom. The summed E-state index contributed by atoms with van der Waals surface area (Å²) in [5.41, 5.74) is 0. The number of hydrogen-bond donors (Lipinski definition) is 0. The average Bonchev–Trinajstić information content (AvgIpc) is 2.16. The first-order valence-electron chi connectivity index (χ1n) is 5.63. The first-order valence-corrected chi connectivity index (χ1v) is 5.63. The summed E-state index contributed by atoms with van der Waals surface area (Å²) in [6.45, 7) is 6.81. The van der Waals surface area contributed by atoms with Crippen LogP contribution in [0.25, 0.3) is 0 Å². The van der Waals surface area contributed by atoms with E-state index in [9.17, 15) is 19.2 Å². The molecule has 0 fully saturated rings. The van der Waals surface area contributed by atoms with Crippen molar-refractivity contribution in [3.63, 3.8) is 0 Å². The van der Waals surface area contributed by atoms with Gasteiger partial charge < -0.3 is 9.47 Å². The molecule has 6 nitrogen and oxygen atoms in total. The minimum atomic E-state index is -0.440. The summed E-state index contributed by atoms with van der Waals surface area (Å²) in [6.07, 6.45) is -0.207. The van der Waals surface area contributed by atoms with Gasteiger partial charge in [-0.2, -0.15) is 0 Å². The molecule has 0 amide bonds. The van der Waals surface area contributed by atoms with E-state index in [1.165, 1.54) is 13.8 Å². The van der Waals surface area contributed by atoms with Crippen molar-refractivity contribution >= 4 is 23.5 Å². The molecule has 0 aromatic rings. The first-order chi connectivity index (χ1) is 8.33. The molecule has 19 heavy (non-hydrogen) atoms. The van der Waals surface area contributed by atoms with Crippen molar-refractivity contribution in [2.75, 3.05) is 13.2 Å². The van der Waals surface area contributed by atoms with Crippen molar-refractivity contribution in [2.24, 2.45) is 0 Å². The summed E-state index contributed by atoms with van der Waals surface area (Å²) in [5.74, 6) is -1.20. The molecular formula is C12H20CoO6. The number of hydrogen-bond acceptors (Lipinski definition) is 6. The van der Waals surface area contributed by atoms with Crippen LogP contribution in [0.2, 0.25) is 0 Å². The molecule has 0 rings (SSSR count). The van der Waals surface area contributed by atoms with Crippen LogP contribution >= 0.6 is 0 Å². The molecule has 0 spiro atoms. The Balaban J connectivity index is -0.000000256. The molecule has 0 aromatic carbocycles. The molecule has 0 saturated carbocycles. The first kappa shape index (κ1) is 22.9. The monoisotopic (exact) mass is 319 g/mol. The van der Waals surface area contributed by atoms with Gasteiger partial charge in [-0.3, -0.25) is 19.2 Å². The largest absolute Gasteiger partial charge is 0.466 e. The third-order valence-electron chi connectivity index (χ3n) is 1.40. The second kappa shape index (κ2) is 14.8. The Hall–Kier alpha value is -1.21. The van der Waals surface area contributed by atoms with Crippen LogP contribution in [0.5, 0.6) is 0 Å². The van der Waals surface area contributed by atoms with Crippen molar-refractivity contribution < 1.29 is 45.4 Å². The SMILES string of the molecule is CCOC(=O)CC(C)=O.CCOC(=O)CC(C)=O.[Co]. The maximum absolute atomic E-state index is 10.4. The van der Waals surface area contributed by atoms with Gasteiger partial charge in [-0.15, -0.1) is 0 Å². The molecule has 0 bridgehead atoms.